The Hall–Kier alpha value is -3.28. The summed E-state index contributed by atoms with van der Waals surface area (Å²) in [6.45, 7) is 2.82. The van der Waals surface area contributed by atoms with Gasteiger partial charge in [-0.2, -0.15) is 0 Å². The fourth-order valence-electron chi connectivity index (χ4n) is 3.60. The minimum atomic E-state index is -0.0800. The highest BCUT2D eigenvalue weighted by Crippen LogP contribution is 2.32. The van der Waals surface area contributed by atoms with Gasteiger partial charge in [0.1, 0.15) is 5.69 Å². The van der Waals surface area contributed by atoms with Crippen molar-refractivity contribution in [1.82, 2.24) is 15.0 Å². The van der Waals surface area contributed by atoms with Gasteiger partial charge in [0, 0.05) is 43.9 Å². The molecule has 1 aliphatic rings. The van der Waals surface area contributed by atoms with Crippen molar-refractivity contribution >= 4 is 17.5 Å². The Balaban J connectivity index is 1.51. The molecular weight excluding hydrogens is 350 g/mol. The Morgan fingerprint density at radius 2 is 1.93 bits per heavy atom. The van der Waals surface area contributed by atoms with Crippen molar-refractivity contribution in [3.63, 3.8) is 0 Å². The molecular formula is C22H23N5O. The lowest BCUT2D eigenvalue weighted by molar-refractivity contribution is 0.0976. The van der Waals surface area contributed by atoms with E-state index in [1.165, 1.54) is 11.1 Å². The number of benzene rings is 1. The van der Waals surface area contributed by atoms with E-state index in [-0.39, 0.29) is 11.9 Å². The first-order valence-electron chi connectivity index (χ1n) is 9.48. The van der Waals surface area contributed by atoms with E-state index in [9.17, 15) is 4.79 Å². The normalized spacial score (nSPS) is 15.4. The molecule has 3 aromatic rings. The number of carbonyl (C=O) groups excluding carboxylic acids is 1. The molecule has 0 spiro atoms. The van der Waals surface area contributed by atoms with Gasteiger partial charge in [0.2, 0.25) is 5.95 Å². The fourth-order valence-corrected chi connectivity index (χ4v) is 3.60. The summed E-state index contributed by atoms with van der Waals surface area (Å²) in [6.07, 6.45) is 6.97. The Labute approximate surface area is 164 Å². The molecule has 0 saturated carbocycles. The number of carbonyl (C=O) groups is 1. The molecule has 28 heavy (non-hydrogen) atoms. The predicted molar refractivity (Wildman–Crippen MR) is 110 cm³/mol. The van der Waals surface area contributed by atoms with E-state index >= 15 is 0 Å². The Kier molecular flexibility index (Phi) is 5.02. The average Bonchev–Trinajstić information content (AvgIpc) is 3.08. The molecule has 1 aromatic carbocycles. The number of anilines is 2. The highest BCUT2D eigenvalue weighted by Gasteiger charge is 2.32. The van der Waals surface area contributed by atoms with Crippen LogP contribution in [0.1, 0.15) is 28.5 Å². The molecule has 0 radical (unpaired) electrons. The van der Waals surface area contributed by atoms with Crippen LogP contribution >= 0.6 is 0 Å². The second kappa shape index (κ2) is 7.76. The maximum absolute atomic E-state index is 13.2. The maximum Gasteiger partial charge on any atom is 0.277 e. The van der Waals surface area contributed by atoms with Gasteiger partial charge in [0.25, 0.3) is 5.91 Å². The summed E-state index contributed by atoms with van der Waals surface area (Å²) < 4.78 is 0. The molecule has 6 nitrogen and oxygen atoms in total. The summed E-state index contributed by atoms with van der Waals surface area (Å²) in [5.41, 5.74) is 3.80. The number of aromatic nitrogens is 3. The van der Waals surface area contributed by atoms with Crippen molar-refractivity contribution < 1.29 is 4.79 Å². The van der Waals surface area contributed by atoms with Crippen LogP contribution in [0.2, 0.25) is 0 Å². The number of fused-ring (bicyclic) bond motifs is 1. The van der Waals surface area contributed by atoms with Gasteiger partial charge >= 0.3 is 0 Å². The van der Waals surface area contributed by atoms with Crippen molar-refractivity contribution in [3.8, 4) is 0 Å². The van der Waals surface area contributed by atoms with Gasteiger partial charge < -0.3 is 9.80 Å². The van der Waals surface area contributed by atoms with Gasteiger partial charge in [0.05, 0.1) is 0 Å². The summed E-state index contributed by atoms with van der Waals surface area (Å²) in [5, 5.41) is 0. The molecule has 0 fully saturated rings. The summed E-state index contributed by atoms with van der Waals surface area (Å²) in [5.74, 6) is 0.476. The number of rotatable bonds is 5. The molecule has 2 aromatic heterocycles. The van der Waals surface area contributed by atoms with E-state index in [1.54, 1.807) is 24.7 Å². The number of nitrogens with zero attached hydrogens (tertiary/aromatic N) is 5. The van der Waals surface area contributed by atoms with Crippen LogP contribution in [0.3, 0.4) is 0 Å². The lowest BCUT2D eigenvalue weighted by Gasteiger charge is -2.23. The zero-order chi connectivity index (χ0) is 19.5. The first-order chi connectivity index (χ1) is 13.6. The number of para-hydroxylation sites is 1. The number of hydrogen-bond donors (Lipinski definition) is 0. The second-order valence-corrected chi connectivity index (χ2v) is 7.13. The number of likely N-dealkylation sites (N-methyl/N-ethyl adjacent to an activating group) is 1. The first-order valence-corrected chi connectivity index (χ1v) is 9.48. The van der Waals surface area contributed by atoms with E-state index in [0.717, 1.165) is 25.1 Å². The third-order valence-electron chi connectivity index (χ3n) is 5.11. The Morgan fingerprint density at radius 1 is 1.14 bits per heavy atom. The Morgan fingerprint density at radius 3 is 2.75 bits per heavy atom. The van der Waals surface area contributed by atoms with Gasteiger partial charge in [-0.1, -0.05) is 18.2 Å². The van der Waals surface area contributed by atoms with Gasteiger partial charge in [-0.15, -0.1) is 0 Å². The highest BCUT2D eigenvalue weighted by atomic mass is 16.2. The van der Waals surface area contributed by atoms with Crippen LogP contribution in [0.25, 0.3) is 0 Å². The lowest BCUT2D eigenvalue weighted by Crippen LogP contribution is -2.36. The quantitative estimate of drug-likeness (QED) is 0.688. The molecule has 0 saturated heterocycles. The molecule has 0 bridgehead atoms. The molecule has 0 N–H and O–H groups in total. The van der Waals surface area contributed by atoms with E-state index in [4.69, 9.17) is 0 Å². The van der Waals surface area contributed by atoms with Crippen molar-refractivity contribution in [2.45, 2.75) is 25.8 Å². The largest absolute Gasteiger partial charge is 0.344 e. The predicted octanol–water partition coefficient (Wildman–Crippen LogP) is 3.14. The lowest BCUT2D eigenvalue weighted by atomic mass is 10.1. The average molecular weight is 373 g/mol. The van der Waals surface area contributed by atoms with Crippen molar-refractivity contribution in [3.05, 3.63) is 77.9 Å². The second-order valence-electron chi connectivity index (χ2n) is 7.13. The maximum atomic E-state index is 13.2. The molecule has 1 aliphatic heterocycles. The monoisotopic (exact) mass is 373 g/mol. The van der Waals surface area contributed by atoms with Crippen LogP contribution in [0.15, 0.2) is 61.1 Å². The summed E-state index contributed by atoms with van der Waals surface area (Å²) in [7, 11) is 1.94. The number of amides is 1. The highest BCUT2D eigenvalue weighted by molar-refractivity contribution is 6.06. The molecule has 1 atom stereocenters. The third kappa shape index (κ3) is 3.58. The molecule has 4 rings (SSSR count). The van der Waals surface area contributed by atoms with Crippen molar-refractivity contribution in [2.75, 3.05) is 23.4 Å². The van der Waals surface area contributed by atoms with Gasteiger partial charge in [-0.05, 0) is 55.2 Å². The van der Waals surface area contributed by atoms with Gasteiger partial charge in [0.15, 0.2) is 0 Å². The van der Waals surface area contributed by atoms with Crippen LogP contribution in [0.4, 0.5) is 11.6 Å². The number of pyridine rings is 1. The van der Waals surface area contributed by atoms with Crippen LogP contribution in [-0.2, 0) is 12.8 Å². The first kappa shape index (κ1) is 18.1. The van der Waals surface area contributed by atoms with E-state index < -0.39 is 0 Å². The van der Waals surface area contributed by atoms with Crippen LogP contribution in [-0.4, -0.2) is 40.5 Å². The van der Waals surface area contributed by atoms with Gasteiger partial charge in [-0.3, -0.25) is 9.78 Å². The van der Waals surface area contributed by atoms with E-state index in [0.29, 0.717) is 11.6 Å². The zero-order valence-electron chi connectivity index (χ0n) is 16.1. The van der Waals surface area contributed by atoms with Crippen LogP contribution in [0.5, 0.6) is 0 Å². The van der Waals surface area contributed by atoms with Crippen molar-refractivity contribution in [2.24, 2.45) is 0 Å². The van der Waals surface area contributed by atoms with E-state index in [1.807, 2.05) is 47.2 Å². The standard InChI is InChI=1S/C22H23N5O/c1-16-15-18-5-3-4-6-20(18)27(16)21(28)19-9-13-24-22(25-19)26(2)14-10-17-7-11-23-12-8-17/h3-9,11-13,16H,10,14-15H2,1-2H3. The third-order valence-corrected chi connectivity index (χ3v) is 5.11. The smallest absolute Gasteiger partial charge is 0.277 e. The summed E-state index contributed by atoms with van der Waals surface area (Å²) in [4.78, 5) is 29.9. The molecule has 6 heteroatoms. The SMILES string of the molecule is CC1Cc2ccccc2N1C(=O)c1ccnc(N(C)CCc2ccncc2)n1. The molecule has 1 unspecified atom stereocenters. The zero-order valence-corrected chi connectivity index (χ0v) is 16.1. The Bertz CT molecular complexity index is 975. The molecule has 3 heterocycles. The van der Waals surface area contributed by atoms with Crippen LogP contribution < -0.4 is 9.80 Å². The van der Waals surface area contributed by atoms with E-state index in [2.05, 4.69) is 27.9 Å². The topological polar surface area (TPSA) is 62.2 Å². The fraction of sp³-hybridized carbons (Fsp3) is 0.273. The molecule has 142 valence electrons. The van der Waals surface area contributed by atoms with Crippen LogP contribution in [0, 0.1) is 0 Å². The van der Waals surface area contributed by atoms with Crippen molar-refractivity contribution in [1.29, 1.82) is 0 Å². The van der Waals surface area contributed by atoms with Gasteiger partial charge in [-0.25, -0.2) is 9.97 Å². The number of hydrogen-bond acceptors (Lipinski definition) is 5. The molecule has 1 amide bonds. The molecule has 0 aliphatic carbocycles. The minimum absolute atomic E-state index is 0.0800. The summed E-state index contributed by atoms with van der Waals surface area (Å²) in [6, 6.07) is 13.9. The summed E-state index contributed by atoms with van der Waals surface area (Å²) >= 11 is 0. The minimum Gasteiger partial charge on any atom is -0.344 e.